The average molecular weight is 305 g/mol. The Labute approximate surface area is 121 Å². The highest BCUT2D eigenvalue weighted by Crippen LogP contribution is 2.22. The lowest BCUT2D eigenvalue weighted by molar-refractivity contribution is -0.147. The average Bonchev–Trinajstić information content (AvgIpc) is 2.37. The maximum Gasteiger partial charge on any atom is 0.401 e. The number of carboxylic acid groups (broad SMARTS) is 1. The molecule has 1 aromatic carbocycles. The minimum atomic E-state index is -4.28. The SMILES string of the molecule is CCCN(Cc1ccc(OC)c(C(=O)O)c1)CC(F)(F)F. The van der Waals surface area contributed by atoms with Gasteiger partial charge in [-0.05, 0) is 30.7 Å². The Bertz CT molecular complexity index is 489. The lowest BCUT2D eigenvalue weighted by atomic mass is 10.1. The summed E-state index contributed by atoms with van der Waals surface area (Å²) in [7, 11) is 1.34. The standard InChI is InChI=1S/C14H18F3NO3/c1-3-6-18(9-14(15,16)17)8-10-4-5-12(21-2)11(7-10)13(19)20/h4-5,7H,3,6,8-9H2,1-2H3,(H,19,20). The Balaban J connectivity index is 2.93. The van der Waals surface area contributed by atoms with Crippen LogP contribution in [-0.4, -0.2) is 42.4 Å². The van der Waals surface area contributed by atoms with Gasteiger partial charge in [-0.15, -0.1) is 0 Å². The molecule has 0 saturated heterocycles. The largest absolute Gasteiger partial charge is 0.496 e. The van der Waals surface area contributed by atoms with Gasteiger partial charge in [0, 0.05) is 6.54 Å². The molecule has 118 valence electrons. The van der Waals surface area contributed by atoms with Crippen molar-refractivity contribution in [3.05, 3.63) is 29.3 Å². The first-order chi connectivity index (χ1) is 9.76. The molecule has 1 aromatic rings. The van der Waals surface area contributed by atoms with Gasteiger partial charge in [0.05, 0.1) is 13.7 Å². The minimum absolute atomic E-state index is 0.0393. The Morgan fingerprint density at radius 3 is 2.52 bits per heavy atom. The number of nitrogens with zero attached hydrogens (tertiary/aromatic N) is 1. The van der Waals surface area contributed by atoms with E-state index in [1.807, 2.05) is 0 Å². The summed E-state index contributed by atoms with van der Waals surface area (Å²) in [5, 5.41) is 9.07. The number of rotatable bonds is 7. The first-order valence-electron chi connectivity index (χ1n) is 6.46. The van der Waals surface area contributed by atoms with Crippen molar-refractivity contribution in [2.45, 2.75) is 26.1 Å². The zero-order valence-corrected chi connectivity index (χ0v) is 11.9. The van der Waals surface area contributed by atoms with Crippen LogP contribution in [0.2, 0.25) is 0 Å². The summed E-state index contributed by atoms with van der Waals surface area (Å²) in [5.74, 6) is -0.990. The van der Waals surface area contributed by atoms with Crippen molar-refractivity contribution >= 4 is 5.97 Å². The van der Waals surface area contributed by atoms with Gasteiger partial charge in [-0.1, -0.05) is 13.0 Å². The first kappa shape index (κ1) is 17.3. The molecule has 7 heteroatoms. The van der Waals surface area contributed by atoms with Crippen molar-refractivity contribution in [3.63, 3.8) is 0 Å². The minimum Gasteiger partial charge on any atom is -0.496 e. The highest BCUT2D eigenvalue weighted by atomic mass is 19.4. The number of alkyl halides is 3. The van der Waals surface area contributed by atoms with Crippen LogP contribution < -0.4 is 4.74 Å². The van der Waals surface area contributed by atoms with Crippen LogP contribution in [0.1, 0.15) is 29.3 Å². The second-order valence-corrected chi connectivity index (χ2v) is 4.67. The lowest BCUT2D eigenvalue weighted by Crippen LogP contribution is -2.34. The lowest BCUT2D eigenvalue weighted by Gasteiger charge is -2.23. The fourth-order valence-electron chi connectivity index (χ4n) is 2.06. The van der Waals surface area contributed by atoms with E-state index >= 15 is 0 Å². The molecule has 0 saturated carbocycles. The van der Waals surface area contributed by atoms with E-state index in [1.54, 1.807) is 13.0 Å². The molecule has 4 nitrogen and oxygen atoms in total. The summed E-state index contributed by atoms with van der Waals surface area (Å²) < 4.78 is 42.4. The van der Waals surface area contributed by atoms with Crippen molar-refractivity contribution in [2.24, 2.45) is 0 Å². The van der Waals surface area contributed by atoms with Crippen molar-refractivity contribution in [1.82, 2.24) is 4.90 Å². The van der Waals surface area contributed by atoms with Crippen molar-refractivity contribution < 1.29 is 27.8 Å². The second kappa shape index (κ2) is 7.31. The van der Waals surface area contributed by atoms with E-state index in [1.165, 1.54) is 24.1 Å². The maximum atomic E-state index is 12.5. The molecule has 0 aliphatic carbocycles. The zero-order valence-electron chi connectivity index (χ0n) is 11.9. The number of carbonyl (C=O) groups is 1. The summed E-state index contributed by atoms with van der Waals surface area (Å²) in [6, 6.07) is 4.38. The molecule has 0 aromatic heterocycles. The smallest absolute Gasteiger partial charge is 0.401 e. The van der Waals surface area contributed by atoms with Crippen molar-refractivity contribution in [1.29, 1.82) is 0 Å². The van der Waals surface area contributed by atoms with E-state index in [0.29, 0.717) is 12.0 Å². The number of benzene rings is 1. The zero-order chi connectivity index (χ0) is 16.0. The quantitative estimate of drug-likeness (QED) is 0.840. The van der Waals surface area contributed by atoms with Gasteiger partial charge >= 0.3 is 12.1 Å². The third kappa shape index (κ3) is 5.63. The Morgan fingerprint density at radius 1 is 1.38 bits per heavy atom. The molecule has 0 amide bonds. The molecule has 0 aliphatic rings. The van der Waals surface area contributed by atoms with E-state index in [-0.39, 0.29) is 24.4 Å². The summed E-state index contributed by atoms with van der Waals surface area (Å²) in [4.78, 5) is 12.3. The molecule has 0 heterocycles. The summed E-state index contributed by atoms with van der Waals surface area (Å²) in [6.07, 6.45) is -3.70. The van der Waals surface area contributed by atoms with Gasteiger partial charge in [-0.25, -0.2) is 4.79 Å². The van der Waals surface area contributed by atoms with Crippen LogP contribution in [-0.2, 0) is 6.54 Å². The number of aromatic carboxylic acids is 1. The fraction of sp³-hybridized carbons (Fsp3) is 0.500. The van der Waals surface area contributed by atoms with Crippen LogP contribution in [0.25, 0.3) is 0 Å². The molecule has 1 rings (SSSR count). The molecule has 0 aliphatic heterocycles. The summed E-state index contributed by atoms with van der Waals surface area (Å²) >= 11 is 0. The molecule has 0 atom stereocenters. The normalized spacial score (nSPS) is 11.7. The molecule has 0 radical (unpaired) electrons. The van der Waals surface area contributed by atoms with Gasteiger partial charge in [-0.3, -0.25) is 4.90 Å². The van der Waals surface area contributed by atoms with Gasteiger partial charge < -0.3 is 9.84 Å². The van der Waals surface area contributed by atoms with Crippen molar-refractivity contribution in [2.75, 3.05) is 20.2 Å². The topological polar surface area (TPSA) is 49.8 Å². The number of methoxy groups -OCH3 is 1. The molecular weight excluding hydrogens is 287 g/mol. The van der Waals surface area contributed by atoms with E-state index in [2.05, 4.69) is 0 Å². The van der Waals surface area contributed by atoms with E-state index in [4.69, 9.17) is 9.84 Å². The van der Waals surface area contributed by atoms with Crippen LogP contribution >= 0.6 is 0 Å². The van der Waals surface area contributed by atoms with Crippen molar-refractivity contribution in [3.8, 4) is 5.75 Å². The third-order valence-corrected chi connectivity index (χ3v) is 2.84. The van der Waals surface area contributed by atoms with Crippen LogP contribution in [0.3, 0.4) is 0 Å². The summed E-state index contributed by atoms with van der Waals surface area (Å²) in [6.45, 7) is 1.10. The fourth-order valence-corrected chi connectivity index (χ4v) is 2.06. The second-order valence-electron chi connectivity index (χ2n) is 4.67. The van der Waals surface area contributed by atoms with Crippen LogP contribution in [0.15, 0.2) is 18.2 Å². The predicted molar refractivity (Wildman–Crippen MR) is 71.6 cm³/mol. The number of halogens is 3. The summed E-state index contributed by atoms with van der Waals surface area (Å²) in [5.41, 5.74) is 0.448. The van der Waals surface area contributed by atoms with Gasteiger partial charge in [0.25, 0.3) is 0 Å². The Kier molecular flexibility index (Phi) is 6.02. The third-order valence-electron chi connectivity index (χ3n) is 2.84. The molecule has 0 fully saturated rings. The number of carboxylic acids is 1. The van der Waals surface area contributed by atoms with Crippen LogP contribution in [0.5, 0.6) is 5.75 Å². The van der Waals surface area contributed by atoms with Gasteiger partial charge in [0.15, 0.2) is 0 Å². The van der Waals surface area contributed by atoms with Gasteiger partial charge in [-0.2, -0.15) is 13.2 Å². The predicted octanol–water partition coefficient (Wildman–Crippen LogP) is 3.17. The van der Waals surface area contributed by atoms with E-state index < -0.39 is 18.7 Å². The van der Waals surface area contributed by atoms with Gasteiger partial charge in [0.1, 0.15) is 11.3 Å². The molecule has 21 heavy (non-hydrogen) atoms. The van der Waals surface area contributed by atoms with Gasteiger partial charge in [0.2, 0.25) is 0 Å². The highest BCUT2D eigenvalue weighted by Gasteiger charge is 2.30. The Morgan fingerprint density at radius 2 is 2.05 bits per heavy atom. The number of hydrogen-bond acceptors (Lipinski definition) is 3. The maximum absolute atomic E-state index is 12.5. The molecule has 0 unspecified atom stereocenters. The number of ether oxygens (including phenoxy) is 1. The highest BCUT2D eigenvalue weighted by molar-refractivity contribution is 5.91. The molecule has 0 spiro atoms. The van der Waals surface area contributed by atoms with Crippen LogP contribution in [0.4, 0.5) is 13.2 Å². The monoisotopic (exact) mass is 305 g/mol. The number of hydrogen-bond donors (Lipinski definition) is 1. The van der Waals surface area contributed by atoms with Crippen LogP contribution in [0, 0.1) is 0 Å². The van der Waals surface area contributed by atoms with E-state index in [9.17, 15) is 18.0 Å². The molecule has 1 N–H and O–H groups in total. The first-order valence-corrected chi connectivity index (χ1v) is 6.46. The Hall–Kier alpha value is -1.76. The molecule has 0 bridgehead atoms. The van der Waals surface area contributed by atoms with E-state index in [0.717, 1.165) is 0 Å². The molecular formula is C14H18F3NO3.